The third-order valence-electron chi connectivity index (χ3n) is 16.1. The Bertz CT molecular complexity index is 1700. The van der Waals surface area contributed by atoms with E-state index in [-0.39, 0.29) is 23.9 Å². The van der Waals surface area contributed by atoms with Gasteiger partial charge in [0.1, 0.15) is 11.2 Å². The lowest BCUT2D eigenvalue weighted by molar-refractivity contribution is -0.156. The molecule has 8 heteroatoms. The van der Waals surface area contributed by atoms with E-state index in [1.807, 2.05) is 0 Å². The highest BCUT2D eigenvalue weighted by atomic mass is 16.6. The van der Waals surface area contributed by atoms with Crippen LogP contribution in [0, 0.1) is 71.0 Å². The molecule has 14 atom stereocenters. The minimum Gasteiger partial charge on any atom is -0.462 e. The number of esters is 4. The minimum absolute atomic E-state index is 0.289. The first-order chi connectivity index (χ1) is 27.3. The highest BCUT2D eigenvalue weighted by Gasteiger charge is 2.61. The first kappa shape index (κ1) is 41.7. The second kappa shape index (κ2) is 17.0. The van der Waals surface area contributed by atoms with E-state index >= 15 is 0 Å². The summed E-state index contributed by atoms with van der Waals surface area (Å²) in [5.41, 5.74) is 0.209. The largest absolute Gasteiger partial charge is 0.462 e. The van der Waals surface area contributed by atoms with Gasteiger partial charge in [0.15, 0.2) is 0 Å². The van der Waals surface area contributed by atoms with Crippen LogP contribution >= 0.6 is 0 Å². The third-order valence-corrected chi connectivity index (χ3v) is 16.1. The number of ether oxygens (including phenoxy) is 4. The Kier molecular flexibility index (Phi) is 12.5. The van der Waals surface area contributed by atoms with Gasteiger partial charge in [-0.15, -0.1) is 0 Å². The van der Waals surface area contributed by atoms with Crippen molar-refractivity contribution >= 4 is 23.9 Å². The summed E-state index contributed by atoms with van der Waals surface area (Å²) >= 11 is 0. The Labute approximate surface area is 341 Å². The molecule has 6 aliphatic carbocycles. The lowest BCUT2D eigenvalue weighted by atomic mass is 9.66. The van der Waals surface area contributed by atoms with Crippen molar-refractivity contribution in [2.24, 2.45) is 71.0 Å². The lowest BCUT2D eigenvalue weighted by Gasteiger charge is -2.45. The van der Waals surface area contributed by atoms with Gasteiger partial charge in [0.25, 0.3) is 0 Å². The molecule has 7 rings (SSSR count). The summed E-state index contributed by atoms with van der Waals surface area (Å²) in [5.74, 6) is 5.21. The number of benzene rings is 1. The van der Waals surface area contributed by atoms with Crippen molar-refractivity contribution in [2.75, 3.05) is 13.2 Å². The van der Waals surface area contributed by atoms with Crippen LogP contribution < -0.4 is 0 Å². The molecule has 0 N–H and O–H groups in total. The molecule has 6 aliphatic rings. The van der Waals surface area contributed by atoms with Crippen molar-refractivity contribution in [3.8, 4) is 0 Å². The van der Waals surface area contributed by atoms with Crippen molar-refractivity contribution in [3.63, 3.8) is 0 Å². The van der Waals surface area contributed by atoms with Crippen LogP contribution in [0.4, 0.5) is 0 Å². The predicted octanol–water partition coefficient (Wildman–Crippen LogP) is 10.3. The van der Waals surface area contributed by atoms with Crippen molar-refractivity contribution in [1.29, 1.82) is 0 Å². The number of hydrogen-bond donors (Lipinski definition) is 0. The first-order valence-electron chi connectivity index (χ1n) is 22.5. The highest BCUT2D eigenvalue weighted by molar-refractivity contribution is 5.95. The second-order valence-electron chi connectivity index (χ2n) is 19.6. The van der Waals surface area contributed by atoms with Gasteiger partial charge in [0.2, 0.25) is 0 Å². The highest BCUT2D eigenvalue weighted by Crippen LogP contribution is 2.66. The molecule has 0 amide bonds. The van der Waals surface area contributed by atoms with Gasteiger partial charge in [-0.3, -0.25) is 0 Å². The SMILES string of the molecule is C=CC(=O)OCC1CC2C3CC(C2C1)C(C(CC)(CCC)OC(=O)c1cccc(C(=O)OCC2CC4C5CC(CC(C)(CCC)OC(=O)C(=C)C)C(C5)C4C2)c1)C3. The van der Waals surface area contributed by atoms with Gasteiger partial charge in [0, 0.05) is 17.6 Å². The Morgan fingerprint density at radius 1 is 0.737 bits per heavy atom. The van der Waals surface area contributed by atoms with Crippen LogP contribution in [-0.2, 0) is 28.5 Å². The van der Waals surface area contributed by atoms with Crippen molar-refractivity contribution in [2.45, 2.75) is 136 Å². The molecule has 4 bridgehead atoms. The zero-order valence-electron chi connectivity index (χ0n) is 35.3. The van der Waals surface area contributed by atoms with E-state index in [0.717, 1.165) is 70.6 Å². The molecule has 14 unspecified atom stereocenters. The quantitative estimate of drug-likeness (QED) is 0.0823. The minimum atomic E-state index is -0.553. The van der Waals surface area contributed by atoms with Crippen molar-refractivity contribution < 1.29 is 38.1 Å². The summed E-state index contributed by atoms with van der Waals surface area (Å²) in [5, 5.41) is 0. The molecular weight excluding hydrogens is 717 g/mol. The van der Waals surface area contributed by atoms with Gasteiger partial charge in [-0.25, -0.2) is 19.2 Å². The molecule has 8 nitrogen and oxygen atoms in total. The van der Waals surface area contributed by atoms with Crippen molar-refractivity contribution in [1.82, 2.24) is 0 Å². The molecule has 0 saturated heterocycles. The van der Waals surface area contributed by atoms with Gasteiger partial charge in [-0.05, 0) is 174 Å². The molecule has 312 valence electrons. The monoisotopic (exact) mass is 784 g/mol. The standard InChI is InChI=1S/C49H68O8/c1-8-15-48(7,56-45(51)29(5)6)26-36-22-34-23-39(36)40-19-31(18-37(34)40)28-55-46(52)32-13-12-14-33(21-32)47(53)57-49(11-4,16-9-2)43-25-35-24-42(43)41-20-30(17-38(35)41)27-54-44(50)10-3/h10,12-14,21,30-31,34-43H,3,5,8-9,11,15-20,22-28H2,1-2,4,6-7H3. The van der Waals surface area contributed by atoms with Gasteiger partial charge < -0.3 is 18.9 Å². The zero-order valence-corrected chi connectivity index (χ0v) is 35.3. The number of carbonyl (C=O) groups is 4. The Hall–Kier alpha value is -3.42. The molecule has 0 radical (unpaired) electrons. The smallest absolute Gasteiger partial charge is 0.338 e. The van der Waals surface area contributed by atoms with E-state index in [2.05, 4.69) is 40.9 Å². The van der Waals surface area contributed by atoms with Crippen LogP contribution in [0.25, 0.3) is 0 Å². The topological polar surface area (TPSA) is 105 Å². The second-order valence-corrected chi connectivity index (χ2v) is 19.6. The molecule has 1 aromatic carbocycles. The maximum absolute atomic E-state index is 14.0. The maximum Gasteiger partial charge on any atom is 0.338 e. The molecule has 0 spiro atoms. The fraction of sp³-hybridized carbons (Fsp3) is 0.714. The van der Waals surface area contributed by atoms with Crippen molar-refractivity contribution in [3.05, 3.63) is 60.2 Å². The molecule has 6 saturated carbocycles. The van der Waals surface area contributed by atoms with E-state index in [1.54, 1.807) is 31.2 Å². The van der Waals surface area contributed by atoms with Crippen LogP contribution in [0.1, 0.15) is 145 Å². The Morgan fingerprint density at radius 2 is 1.33 bits per heavy atom. The molecule has 0 aliphatic heterocycles. The van der Waals surface area contributed by atoms with Gasteiger partial charge in [-0.2, -0.15) is 0 Å². The predicted molar refractivity (Wildman–Crippen MR) is 219 cm³/mol. The maximum atomic E-state index is 14.0. The summed E-state index contributed by atoms with van der Waals surface area (Å²) in [6.45, 7) is 18.5. The molecule has 0 aromatic heterocycles. The Morgan fingerprint density at radius 3 is 1.96 bits per heavy atom. The summed E-state index contributed by atoms with van der Waals surface area (Å²) in [4.78, 5) is 51.7. The summed E-state index contributed by atoms with van der Waals surface area (Å²) in [6.07, 6.45) is 15.5. The van der Waals surface area contributed by atoms with E-state index < -0.39 is 11.2 Å². The van der Waals surface area contributed by atoms with E-state index in [9.17, 15) is 19.2 Å². The number of hydrogen-bond acceptors (Lipinski definition) is 8. The zero-order chi connectivity index (χ0) is 40.6. The average Bonchev–Trinajstić information content (AvgIpc) is 4.04. The lowest BCUT2D eigenvalue weighted by Crippen LogP contribution is -2.46. The summed E-state index contributed by atoms with van der Waals surface area (Å²) < 4.78 is 24.1. The van der Waals surface area contributed by atoms with E-state index in [0.29, 0.717) is 101 Å². The Balaban J connectivity index is 0.936. The molecular formula is C49H68O8. The molecule has 6 fully saturated rings. The number of carbonyl (C=O) groups excluding carboxylic acids is 4. The summed E-state index contributed by atoms with van der Waals surface area (Å²) in [7, 11) is 0. The fourth-order valence-electron chi connectivity index (χ4n) is 14.0. The van der Waals surface area contributed by atoms with Crippen LogP contribution in [-0.4, -0.2) is 48.3 Å². The van der Waals surface area contributed by atoms with Crippen LogP contribution in [0.5, 0.6) is 0 Å². The van der Waals surface area contributed by atoms with Gasteiger partial charge in [0.05, 0.1) is 24.3 Å². The summed E-state index contributed by atoms with van der Waals surface area (Å²) in [6, 6.07) is 6.91. The normalized spacial score (nSPS) is 35.1. The van der Waals surface area contributed by atoms with Crippen LogP contribution in [0.2, 0.25) is 0 Å². The number of fused-ring (bicyclic) bond motifs is 10. The number of rotatable bonds is 18. The fourth-order valence-corrected chi connectivity index (χ4v) is 14.0. The van der Waals surface area contributed by atoms with E-state index in [1.165, 1.54) is 25.3 Å². The van der Waals surface area contributed by atoms with Crippen LogP contribution in [0.3, 0.4) is 0 Å². The van der Waals surface area contributed by atoms with Crippen LogP contribution in [0.15, 0.2) is 49.1 Å². The first-order valence-corrected chi connectivity index (χ1v) is 22.5. The third kappa shape index (κ3) is 8.40. The average molecular weight is 785 g/mol. The molecule has 1 aromatic rings. The van der Waals surface area contributed by atoms with Gasteiger partial charge >= 0.3 is 23.9 Å². The molecule has 57 heavy (non-hydrogen) atoms. The van der Waals surface area contributed by atoms with E-state index in [4.69, 9.17) is 18.9 Å². The molecule has 0 heterocycles. The van der Waals surface area contributed by atoms with Gasteiger partial charge in [-0.1, -0.05) is 52.8 Å².